The summed E-state index contributed by atoms with van der Waals surface area (Å²) in [6, 6.07) is 5.10. The molecule has 0 spiro atoms. The molecule has 2 atom stereocenters. The molecule has 0 saturated heterocycles. The molecule has 4 nitrogen and oxygen atoms in total. The van der Waals surface area contributed by atoms with Crippen molar-refractivity contribution >= 4 is 5.78 Å². The van der Waals surface area contributed by atoms with Crippen molar-refractivity contribution in [2.24, 2.45) is 0 Å². The number of ketones is 1. The topological polar surface area (TPSA) is 55.8 Å². The molecular weight excluding hydrogens is 220 g/mol. The van der Waals surface area contributed by atoms with E-state index in [4.69, 9.17) is 9.47 Å². The number of aliphatic hydroxyl groups excluding tert-OH is 1. The van der Waals surface area contributed by atoms with Crippen LogP contribution < -0.4 is 9.47 Å². The van der Waals surface area contributed by atoms with Gasteiger partial charge in [-0.2, -0.15) is 0 Å². The van der Waals surface area contributed by atoms with Crippen molar-refractivity contribution in [2.75, 3.05) is 7.11 Å². The summed E-state index contributed by atoms with van der Waals surface area (Å²) in [4.78, 5) is 12.0. The summed E-state index contributed by atoms with van der Waals surface area (Å²) in [6.45, 7) is 1.98. The summed E-state index contributed by atoms with van der Waals surface area (Å²) in [7, 11) is 1.53. The number of Topliss-reactive ketones (excluding diaryl/α,β-unsaturated/α-hetero) is 1. The molecule has 1 aliphatic rings. The second-order valence-electron chi connectivity index (χ2n) is 4.09. The van der Waals surface area contributed by atoms with Gasteiger partial charge in [-0.3, -0.25) is 4.79 Å². The maximum atomic E-state index is 12.0. The molecule has 92 valence electrons. The van der Waals surface area contributed by atoms with Crippen molar-refractivity contribution in [3.8, 4) is 11.5 Å². The first kappa shape index (κ1) is 11.9. The van der Waals surface area contributed by atoms with Crippen LogP contribution in [0.3, 0.4) is 0 Å². The van der Waals surface area contributed by atoms with Gasteiger partial charge < -0.3 is 14.6 Å². The molecule has 2 rings (SSSR count). The van der Waals surface area contributed by atoms with Gasteiger partial charge in [-0.1, -0.05) is 19.4 Å². The maximum absolute atomic E-state index is 12.0. The van der Waals surface area contributed by atoms with Gasteiger partial charge in [-0.25, -0.2) is 0 Å². The fourth-order valence-corrected chi connectivity index (χ4v) is 2.04. The second-order valence-corrected chi connectivity index (χ2v) is 4.09. The molecule has 0 aromatic heterocycles. The minimum Gasteiger partial charge on any atom is -0.493 e. The number of hydrogen-bond acceptors (Lipinski definition) is 4. The van der Waals surface area contributed by atoms with Gasteiger partial charge >= 0.3 is 0 Å². The van der Waals surface area contributed by atoms with Gasteiger partial charge in [0.25, 0.3) is 0 Å². The van der Waals surface area contributed by atoms with Gasteiger partial charge in [0.1, 0.15) is 6.10 Å². The summed E-state index contributed by atoms with van der Waals surface area (Å²) >= 11 is 0. The van der Waals surface area contributed by atoms with Gasteiger partial charge in [0.2, 0.25) is 0 Å². The third kappa shape index (κ3) is 2.00. The molecule has 1 aromatic rings. The SMILES string of the molecule is CCC[C@H]1Oc2c(OC)cccc2C(=O)[C@@H]1O. The lowest BCUT2D eigenvalue weighted by Crippen LogP contribution is -2.42. The second kappa shape index (κ2) is 4.75. The lowest BCUT2D eigenvalue weighted by Gasteiger charge is -2.30. The van der Waals surface area contributed by atoms with E-state index in [0.29, 0.717) is 23.5 Å². The van der Waals surface area contributed by atoms with Crippen molar-refractivity contribution in [1.29, 1.82) is 0 Å². The van der Waals surface area contributed by atoms with Crippen molar-refractivity contribution in [1.82, 2.24) is 0 Å². The number of methoxy groups -OCH3 is 1. The van der Waals surface area contributed by atoms with E-state index in [-0.39, 0.29) is 5.78 Å². The van der Waals surface area contributed by atoms with Crippen molar-refractivity contribution in [3.63, 3.8) is 0 Å². The Hall–Kier alpha value is -1.55. The van der Waals surface area contributed by atoms with Crippen LogP contribution >= 0.6 is 0 Å². The molecule has 0 unspecified atom stereocenters. The average molecular weight is 236 g/mol. The third-order valence-electron chi connectivity index (χ3n) is 2.93. The highest BCUT2D eigenvalue weighted by atomic mass is 16.5. The van der Waals surface area contributed by atoms with Crippen LogP contribution in [0.5, 0.6) is 11.5 Å². The third-order valence-corrected chi connectivity index (χ3v) is 2.93. The molecule has 0 saturated carbocycles. The summed E-state index contributed by atoms with van der Waals surface area (Å²) in [5.74, 6) is 0.691. The van der Waals surface area contributed by atoms with Crippen molar-refractivity contribution < 1.29 is 19.4 Å². The lowest BCUT2D eigenvalue weighted by molar-refractivity contribution is 0.0179. The Kier molecular flexibility index (Phi) is 3.33. The molecule has 0 amide bonds. The minimum atomic E-state index is -1.07. The Bertz CT molecular complexity index is 427. The van der Waals surface area contributed by atoms with Gasteiger partial charge in [-0.05, 0) is 18.6 Å². The first-order valence-electron chi connectivity index (χ1n) is 5.75. The van der Waals surface area contributed by atoms with E-state index in [2.05, 4.69) is 0 Å². The zero-order valence-electron chi connectivity index (χ0n) is 9.97. The number of fused-ring (bicyclic) bond motifs is 1. The Balaban J connectivity index is 2.42. The molecule has 1 aromatic carbocycles. The summed E-state index contributed by atoms with van der Waals surface area (Å²) in [5, 5.41) is 9.86. The van der Waals surface area contributed by atoms with Crippen LogP contribution in [-0.2, 0) is 0 Å². The number of aliphatic hydroxyl groups is 1. The molecule has 0 aliphatic carbocycles. The van der Waals surface area contributed by atoms with Crippen LogP contribution in [0.25, 0.3) is 0 Å². The molecular formula is C13H16O4. The fourth-order valence-electron chi connectivity index (χ4n) is 2.04. The summed E-state index contributed by atoms with van der Waals surface area (Å²) in [5.41, 5.74) is 0.393. The van der Waals surface area contributed by atoms with E-state index in [1.807, 2.05) is 6.92 Å². The van der Waals surface area contributed by atoms with Gasteiger partial charge in [0, 0.05) is 0 Å². The fraction of sp³-hybridized carbons (Fsp3) is 0.462. The molecule has 1 heterocycles. The monoisotopic (exact) mass is 236 g/mol. The molecule has 1 aliphatic heterocycles. The zero-order chi connectivity index (χ0) is 12.4. The molecule has 1 N–H and O–H groups in total. The normalized spacial score (nSPS) is 22.9. The van der Waals surface area contributed by atoms with E-state index in [1.54, 1.807) is 18.2 Å². The molecule has 4 heteroatoms. The standard InChI is InChI=1S/C13H16O4/c1-3-5-9-12(15)11(14)8-6-4-7-10(16-2)13(8)17-9/h4,6-7,9,12,15H,3,5H2,1-2H3/t9-,12-/m1/s1. The number of benzene rings is 1. The van der Waals surface area contributed by atoms with E-state index in [0.717, 1.165) is 6.42 Å². The highest BCUT2D eigenvalue weighted by Crippen LogP contribution is 2.37. The predicted octanol–water partition coefficient (Wildman–Crippen LogP) is 1.80. The number of carbonyl (C=O) groups excluding carboxylic acids is 1. The van der Waals surface area contributed by atoms with Gasteiger partial charge in [-0.15, -0.1) is 0 Å². The molecule has 0 radical (unpaired) electrons. The minimum absolute atomic E-state index is 0.288. The molecule has 0 fully saturated rings. The van der Waals surface area contributed by atoms with Crippen LogP contribution in [-0.4, -0.2) is 30.2 Å². The van der Waals surface area contributed by atoms with E-state index < -0.39 is 12.2 Å². The number of hydrogen-bond donors (Lipinski definition) is 1. The molecule has 17 heavy (non-hydrogen) atoms. The van der Waals surface area contributed by atoms with Crippen LogP contribution in [0, 0.1) is 0 Å². The van der Waals surface area contributed by atoms with Gasteiger partial charge in [0.15, 0.2) is 23.4 Å². The van der Waals surface area contributed by atoms with E-state index >= 15 is 0 Å². The van der Waals surface area contributed by atoms with E-state index in [9.17, 15) is 9.90 Å². The maximum Gasteiger partial charge on any atom is 0.198 e. The average Bonchev–Trinajstić information content (AvgIpc) is 2.35. The zero-order valence-corrected chi connectivity index (χ0v) is 9.97. The van der Waals surface area contributed by atoms with Gasteiger partial charge in [0.05, 0.1) is 12.7 Å². The Labute approximate surface area is 100 Å². The highest BCUT2D eigenvalue weighted by molar-refractivity contribution is 6.03. The quantitative estimate of drug-likeness (QED) is 0.869. The number of rotatable bonds is 3. The first-order valence-corrected chi connectivity index (χ1v) is 5.75. The number of para-hydroxylation sites is 1. The predicted molar refractivity (Wildman–Crippen MR) is 62.7 cm³/mol. The first-order chi connectivity index (χ1) is 8.19. The van der Waals surface area contributed by atoms with Crippen LogP contribution in [0.4, 0.5) is 0 Å². The van der Waals surface area contributed by atoms with Crippen LogP contribution in [0.15, 0.2) is 18.2 Å². The Morgan fingerprint density at radius 3 is 2.88 bits per heavy atom. The highest BCUT2D eigenvalue weighted by Gasteiger charge is 2.36. The van der Waals surface area contributed by atoms with Crippen molar-refractivity contribution in [3.05, 3.63) is 23.8 Å². The van der Waals surface area contributed by atoms with Crippen LogP contribution in [0.2, 0.25) is 0 Å². The Morgan fingerprint density at radius 1 is 1.47 bits per heavy atom. The number of carbonyl (C=O) groups is 1. The van der Waals surface area contributed by atoms with Crippen LogP contribution in [0.1, 0.15) is 30.1 Å². The lowest BCUT2D eigenvalue weighted by atomic mass is 9.95. The Morgan fingerprint density at radius 2 is 2.24 bits per heavy atom. The number of ether oxygens (including phenoxy) is 2. The largest absolute Gasteiger partial charge is 0.493 e. The van der Waals surface area contributed by atoms with Crippen molar-refractivity contribution in [2.45, 2.75) is 32.0 Å². The summed E-state index contributed by atoms with van der Waals surface area (Å²) < 4.78 is 10.8. The summed E-state index contributed by atoms with van der Waals surface area (Å²) in [6.07, 6.45) is -0.0602. The smallest absolute Gasteiger partial charge is 0.198 e. The van der Waals surface area contributed by atoms with E-state index in [1.165, 1.54) is 7.11 Å². The molecule has 0 bridgehead atoms.